The van der Waals surface area contributed by atoms with Gasteiger partial charge in [-0.3, -0.25) is 0 Å². The average molecular weight is 250 g/mol. The predicted molar refractivity (Wildman–Crippen MR) is 69.8 cm³/mol. The molecular formula is C14H18O4. The second kappa shape index (κ2) is 8.06. The van der Waals surface area contributed by atoms with Gasteiger partial charge in [-0.25, -0.2) is 9.59 Å². The van der Waals surface area contributed by atoms with Gasteiger partial charge in [0.1, 0.15) is 12.7 Å². The Kier molecular flexibility index (Phi) is 7.12. The molecule has 98 valence electrons. The van der Waals surface area contributed by atoms with Crippen LogP contribution in [0.3, 0.4) is 0 Å². The molecule has 0 fully saturated rings. The molecule has 4 heteroatoms. The largest absolute Gasteiger partial charge is 0.452 e. The first-order valence-electron chi connectivity index (χ1n) is 5.39. The third kappa shape index (κ3) is 5.84. The second-order valence-electron chi connectivity index (χ2n) is 3.65. The van der Waals surface area contributed by atoms with Gasteiger partial charge < -0.3 is 9.47 Å². The van der Waals surface area contributed by atoms with E-state index in [1.54, 1.807) is 19.9 Å². The van der Waals surface area contributed by atoms with Gasteiger partial charge in [0.15, 0.2) is 0 Å². The molecular weight excluding hydrogens is 232 g/mol. The lowest BCUT2D eigenvalue weighted by Gasteiger charge is -2.12. The molecule has 0 aromatic carbocycles. The zero-order chi connectivity index (χ0) is 14.1. The Morgan fingerprint density at radius 3 is 2.33 bits per heavy atom. The second-order valence-corrected chi connectivity index (χ2v) is 3.65. The van der Waals surface area contributed by atoms with Gasteiger partial charge in [-0.05, 0) is 25.0 Å². The molecule has 0 unspecified atom stereocenters. The van der Waals surface area contributed by atoms with Crippen LogP contribution in [0.4, 0.5) is 0 Å². The summed E-state index contributed by atoms with van der Waals surface area (Å²) in [7, 11) is 0. The van der Waals surface area contributed by atoms with Crippen molar-refractivity contribution < 1.29 is 19.1 Å². The van der Waals surface area contributed by atoms with Crippen molar-refractivity contribution in [2.24, 2.45) is 0 Å². The highest BCUT2D eigenvalue weighted by Crippen LogP contribution is 2.04. The summed E-state index contributed by atoms with van der Waals surface area (Å²) in [6.45, 7) is 13.9. The van der Waals surface area contributed by atoms with Crippen molar-refractivity contribution in [1.82, 2.24) is 0 Å². The van der Waals surface area contributed by atoms with Crippen molar-refractivity contribution in [1.29, 1.82) is 0 Å². The quantitative estimate of drug-likeness (QED) is 0.314. The van der Waals surface area contributed by atoms with E-state index >= 15 is 0 Å². The molecule has 0 heterocycles. The maximum atomic E-state index is 11.3. The summed E-state index contributed by atoms with van der Waals surface area (Å²) in [6, 6.07) is 0. The SMILES string of the molecule is C=C/C=C(\C=C)COC(=O)C(=O)O[C@H](C)C(=C)C. The molecule has 4 nitrogen and oxygen atoms in total. The Hall–Kier alpha value is -2.10. The van der Waals surface area contributed by atoms with Gasteiger partial charge in [0.05, 0.1) is 0 Å². The number of allylic oxidation sites excluding steroid dienone is 2. The number of carbonyl (C=O) groups excluding carboxylic acids is 2. The van der Waals surface area contributed by atoms with Gasteiger partial charge in [0.25, 0.3) is 0 Å². The standard InChI is InChI=1S/C14H18O4/c1-6-8-12(7-2)9-17-13(15)14(16)18-11(5)10(3)4/h6-8,11H,1-3,9H2,4-5H3/b12-8+/t11-/m1/s1. The highest BCUT2D eigenvalue weighted by Gasteiger charge is 2.20. The maximum Gasteiger partial charge on any atom is 0.418 e. The normalized spacial score (nSPS) is 12.2. The van der Waals surface area contributed by atoms with E-state index in [2.05, 4.69) is 19.7 Å². The highest BCUT2D eigenvalue weighted by molar-refractivity contribution is 6.29. The van der Waals surface area contributed by atoms with Crippen molar-refractivity contribution in [3.8, 4) is 0 Å². The third-order valence-corrected chi connectivity index (χ3v) is 2.11. The van der Waals surface area contributed by atoms with E-state index in [-0.39, 0.29) is 6.61 Å². The number of rotatable bonds is 6. The monoisotopic (exact) mass is 250 g/mol. The van der Waals surface area contributed by atoms with E-state index in [0.29, 0.717) is 11.1 Å². The minimum Gasteiger partial charge on any atom is -0.452 e. The minimum absolute atomic E-state index is 0.0507. The summed E-state index contributed by atoms with van der Waals surface area (Å²) in [5, 5.41) is 0. The lowest BCUT2D eigenvalue weighted by Crippen LogP contribution is -2.25. The minimum atomic E-state index is -1.04. The molecule has 0 radical (unpaired) electrons. The van der Waals surface area contributed by atoms with Gasteiger partial charge in [-0.15, -0.1) is 0 Å². The lowest BCUT2D eigenvalue weighted by molar-refractivity contribution is -0.168. The van der Waals surface area contributed by atoms with Crippen molar-refractivity contribution >= 4 is 11.9 Å². The lowest BCUT2D eigenvalue weighted by atomic mass is 10.2. The number of hydrogen-bond acceptors (Lipinski definition) is 4. The van der Waals surface area contributed by atoms with E-state index in [0.717, 1.165) is 0 Å². The highest BCUT2D eigenvalue weighted by atomic mass is 16.6. The number of esters is 2. The average Bonchev–Trinajstić information content (AvgIpc) is 2.33. The van der Waals surface area contributed by atoms with Crippen LogP contribution in [0.5, 0.6) is 0 Å². The molecule has 0 N–H and O–H groups in total. The van der Waals surface area contributed by atoms with Crippen LogP contribution in [0.1, 0.15) is 13.8 Å². The molecule has 0 aliphatic carbocycles. The zero-order valence-corrected chi connectivity index (χ0v) is 10.8. The van der Waals surface area contributed by atoms with Crippen molar-refractivity contribution in [2.75, 3.05) is 6.61 Å². The molecule has 0 bridgehead atoms. The summed E-state index contributed by atoms with van der Waals surface area (Å²) in [5.74, 6) is -2.08. The van der Waals surface area contributed by atoms with E-state index in [1.807, 2.05) is 0 Å². The van der Waals surface area contributed by atoms with Gasteiger partial charge in [0.2, 0.25) is 0 Å². The molecule has 0 aromatic heterocycles. The van der Waals surface area contributed by atoms with Crippen LogP contribution in [0.15, 0.2) is 49.1 Å². The first-order chi connectivity index (χ1) is 8.42. The summed E-state index contributed by atoms with van der Waals surface area (Å²) in [5.41, 5.74) is 1.29. The fourth-order valence-corrected chi connectivity index (χ4v) is 0.844. The van der Waals surface area contributed by atoms with Gasteiger partial charge in [0, 0.05) is 0 Å². The molecule has 0 aliphatic rings. The van der Waals surface area contributed by atoms with Crippen molar-refractivity contribution in [3.05, 3.63) is 49.1 Å². The van der Waals surface area contributed by atoms with Crippen LogP contribution in [0, 0.1) is 0 Å². The zero-order valence-electron chi connectivity index (χ0n) is 10.8. The summed E-state index contributed by atoms with van der Waals surface area (Å²) in [4.78, 5) is 22.6. The van der Waals surface area contributed by atoms with Crippen LogP contribution >= 0.6 is 0 Å². The van der Waals surface area contributed by atoms with Crippen LogP contribution in [0.25, 0.3) is 0 Å². The molecule has 0 rings (SSSR count). The Bertz CT molecular complexity index is 391. The van der Waals surface area contributed by atoms with E-state index < -0.39 is 18.0 Å². The van der Waals surface area contributed by atoms with E-state index in [4.69, 9.17) is 9.47 Å². The van der Waals surface area contributed by atoms with E-state index in [1.165, 1.54) is 12.2 Å². The number of carbonyl (C=O) groups is 2. The smallest absolute Gasteiger partial charge is 0.418 e. The van der Waals surface area contributed by atoms with Crippen LogP contribution in [-0.4, -0.2) is 24.6 Å². The topological polar surface area (TPSA) is 52.6 Å². The van der Waals surface area contributed by atoms with Gasteiger partial charge in [-0.2, -0.15) is 0 Å². The first-order valence-corrected chi connectivity index (χ1v) is 5.39. The van der Waals surface area contributed by atoms with Crippen LogP contribution < -0.4 is 0 Å². The van der Waals surface area contributed by atoms with Crippen LogP contribution in [0.2, 0.25) is 0 Å². The Morgan fingerprint density at radius 1 is 1.28 bits per heavy atom. The molecule has 0 saturated carbocycles. The molecule has 18 heavy (non-hydrogen) atoms. The van der Waals surface area contributed by atoms with Crippen molar-refractivity contribution in [2.45, 2.75) is 20.0 Å². The third-order valence-electron chi connectivity index (χ3n) is 2.11. The van der Waals surface area contributed by atoms with Crippen molar-refractivity contribution in [3.63, 3.8) is 0 Å². The van der Waals surface area contributed by atoms with Gasteiger partial charge in [-0.1, -0.05) is 38.0 Å². The maximum absolute atomic E-state index is 11.3. The van der Waals surface area contributed by atoms with E-state index in [9.17, 15) is 9.59 Å². The fraction of sp³-hybridized carbons (Fsp3) is 0.286. The molecule has 0 saturated heterocycles. The Balaban J connectivity index is 4.29. The summed E-state index contributed by atoms with van der Waals surface area (Å²) < 4.78 is 9.58. The predicted octanol–water partition coefficient (Wildman–Crippen LogP) is 2.34. The molecule has 0 amide bonds. The first kappa shape index (κ1) is 15.9. The Labute approximate surface area is 107 Å². The number of ether oxygens (including phenoxy) is 2. The van der Waals surface area contributed by atoms with Gasteiger partial charge >= 0.3 is 11.9 Å². The molecule has 0 spiro atoms. The fourth-order valence-electron chi connectivity index (χ4n) is 0.844. The summed E-state index contributed by atoms with van der Waals surface area (Å²) >= 11 is 0. The molecule has 0 aliphatic heterocycles. The molecule has 0 aromatic rings. The number of hydrogen-bond donors (Lipinski definition) is 0. The summed E-state index contributed by atoms with van der Waals surface area (Å²) in [6.07, 6.45) is 4.15. The molecule has 1 atom stereocenters. The van der Waals surface area contributed by atoms with Crippen LogP contribution in [-0.2, 0) is 19.1 Å². The Morgan fingerprint density at radius 2 is 1.89 bits per heavy atom.